The standard InChI is InChI=1S/C14H22N2O2/c1-3-14(18)13-5-4-11(8-15-13)16(2)9-10-6-12(17)7-10/h4-5,8,10,12,14,17-18H,3,6-7,9H2,1-2H3/t10?,12?,14-/m1/s1. The van der Waals surface area contributed by atoms with E-state index in [1.54, 1.807) is 0 Å². The second kappa shape index (κ2) is 5.67. The molecule has 0 saturated heterocycles. The molecule has 100 valence electrons. The molecule has 1 heterocycles. The predicted molar refractivity (Wildman–Crippen MR) is 71.5 cm³/mol. The lowest BCUT2D eigenvalue weighted by Gasteiger charge is -2.35. The van der Waals surface area contributed by atoms with Crippen LogP contribution in [0.15, 0.2) is 18.3 Å². The molecule has 1 aromatic rings. The van der Waals surface area contributed by atoms with Crippen molar-refractivity contribution in [2.75, 3.05) is 18.5 Å². The lowest BCUT2D eigenvalue weighted by Crippen LogP contribution is -2.37. The average Bonchev–Trinajstić information content (AvgIpc) is 2.36. The molecule has 1 aliphatic carbocycles. The zero-order valence-corrected chi connectivity index (χ0v) is 11.1. The van der Waals surface area contributed by atoms with Gasteiger partial charge in [-0.3, -0.25) is 4.98 Å². The Hall–Kier alpha value is -1.13. The van der Waals surface area contributed by atoms with Crippen LogP contribution < -0.4 is 4.90 Å². The van der Waals surface area contributed by atoms with Crippen molar-refractivity contribution in [2.24, 2.45) is 5.92 Å². The van der Waals surface area contributed by atoms with E-state index in [1.807, 2.05) is 32.3 Å². The van der Waals surface area contributed by atoms with E-state index in [9.17, 15) is 10.2 Å². The van der Waals surface area contributed by atoms with E-state index in [-0.39, 0.29) is 6.10 Å². The number of aromatic nitrogens is 1. The minimum atomic E-state index is -0.467. The molecule has 0 spiro atoms. The fourth-order valence-corrected chi connectivity index (χ4v) is 2.37. The predicted octanol–water partition coefficient (Wildman–Crippen LogP) is 1.73. The summed E-state index contributed by atoms with van der Waals surface area (Å²) < 4.78 is 0. The third kappa shape index (κ3) is 3.00. The number of hydrogen-bond acceptors (Lipinski definition) is 4. The summed E-state index contributed by atoms with van der Waals surface area (Å²) in [5.74, 6) is 0.589. The average molecular weight is 250 g/mol. The van der Waals surface area contributed by atoms with Crippen LogP contribution in [0.1, 0.15) is 38.0 Å². The molecule has 0 aliphatic heterocycles. The van der Waals surface area contributed by atoms with Crippen molar-refractivity contribution < 1.29 is 10.2 Å². The van der Waals surface area contributed by atoms with Gasteiger partial charge in [-0.25, -0.2) is 0 Å². The highest BCUT2D eigenvalue weighted by atomic mass is 16.3. The van der Waals surface area contributed by atoms with Crippen molar-refractivity contribution in [1.29, 1.82) is 0 Å². The second-order valence-corrected chi connectivity index (χ2v) is 5.24. The molecule has 2 N–H and O–H groups in total. The molecule has 0 aromatic carbocycles. The maximum Gasteiger partial charge on any atom is 0.0957 e. The first-order valence-corrected chi connectivity index (χ1v) is 6.63. The second-order valence-electron chi connectivity index (χ2n) is 5.24. The van der Waals surface area contributed by atoms with Gasteiger partial charge in [0.25, 0.3) is 0 Å². The van der Waals surface area contributed by atoms with Gasteiger partial charge in [0, 0.05) is 13.6 Å². The summed E-state index contributed by atoms with van der Waals surface area (Å²) in [6, 6.07) is 3.88. The van der Waals surface area contributed by atoms with Gasteiger partial charge in [-0.1, -0.05) is 6.92 Å². The molecule has 2 rings (SSSR count). The van der Waals surface area contributed by atoms with Gasteiger partial charge < -0.3 is 15.1 Å². The topological polar surface area (TPSA) is 56.6 Å². The smallest absolute Gasteiger partial charge is 0.0957 e. The van der Waals surface area contributed by atoms with Crippen molar-refractivity contribution in [3.63, 3.8) is 0 Å². The third-order valence-corrected chi connectivity index (χ3v) is 3.68. The normalized spacial score (nSPS) is 24.4. The molecule has 0 radical (unpaired) electrons. The molecular formula is C14H22N2O2. The van der Waals surface area contributed by atoms with E-state index in [2.05, 4.69) is 9.88 Å². The lowest BCUT2D eigenvalue weighted by molar-refractivity contribution is 0.0465. The van der Waals surface area contributed by atoms with Crippen LogP contribution in [0, 0.1) is 5.92 Å². The Kier molecular flexibility index (Phi) is 4.19. The number of aliphatic hydroxyl groups is 2. The first-order valence-electron chi connectivity index (χ1n) is 6.63. The first kappa shape index (κ1) is 13.3. The fraction of sp³-hybridized carbons (Fsp3) is 0.643. The van der Waals surface area contributed by atoms with Crippen LogP contribution in [0.3, 0.4) is 0 Å². The molecule has 0 bridgehead atoms. The molecule has 0 unspecified atom stereocenters. The van der Waals surface area contributed by atoms with Crippen LogP contribution in [0.2, 0.25) is 0 Å². The summed E-state index contributed by atoms with van der Waals surface area (Å²) in [7, 11) is 2.04. The Balaban J connectivity index is 1.92. The number of anilines is 1. The number of nitrogens with zero attached hydrogens (tertiary/aromatic N) is 2. The van der Waals surface area contributed by atoms with E-state index in [4.69, 9.17) is 0 Å². The molecule has 4 heteroatoms. The van der Waals surface area contributed by atoms with Crippen molar-refractivity contribution >= 4 is 5.69 Å². The monoisotopic (exact) mass is 250 g/mol. The first-order chi connectivity index (χ1) is 8.60. The van der Waals surface area contributed by atoms with E-state index in [0.29, 0.717) is 12.3 Å². The minimum absolute atomic E-state index is 0.0939. The van der Waals surface area contributed by atoms with Gasteiger partial charge in [-0.05, 0) is 37.3 Å². The lowest BCUT2D eigenvalue weighted by atomic mass is 9.82. The Morgan fingerprint density at radius 3 is 2.67 bits per heavy atom. The number of pyridine rings is 1. The Labute approximate surface area is 108 Å². The van der Waals surface area contributed by atoms with E-state index >= 15 is 0 Å². The molecule has 1 aromatic heterocycles. The fourth-order valence-electron chi connectivity index (χ4n) is 2.37. The summed E-state index contributed by atoms with van der Waals surface area (Å²) in [6.07, 6.45) is 3.75. The van der Waals surface area contributed by atoms with Crippen LogP contribution in [0.25, 0.3) is 0 Å². The van der Waals surface area contributed by atoms with Crippen LogP contribution in [0.4, 0.5) is 5.69 Å². The van der Waals surface area contributed by atoms with Crippen molar-refractivity contribution in [3.05, 3.63) is 24.0 Å². The van der Waals surface area contributed by atoms with Gasteiger partial charge in [-0.2, -0.15) is 0 Å². The van der Waals surface area contributed by atoms with Crippen molar-refractivity contribution in [2.45, 2.75) is 38.4 Å². The summed E-state index contributed by atoms with van der Waals surface area (Å²) in [5.41, 5.74) is 1.79. The Morgan fingerprint density at radius 1 is 1.44 bits per heavy atom. The van der Waals surface area contributed by atoms with Gasteiger partial charge in [-0.15, -0.1) is 0 Å². The van der Waals surface area contributed by atoms with E-state index in [0.717, 1.165) is 30.8 Å². The maximum atomic E-state index is 9.68. The van der Waals surface area contributed by atoms with Crippen LogP contribution in [-0.4, -0.2) is 34.9 Å². The van der Waals surface area contributed by atoms with E-state index in [1.165, 1.54) is 0 Å². The minimum Gasteiger partial charge on any atom is -0.393 e. The Bertz CT molecular complexity index is 374. The maximum absolute atomic E-state index is 9.68. The summed E-state index contributed by atoms with van der Waals surface area (Å²) in [4.78, 5) is 6.45. The summed E-state index contributed by atoms with van der Waals surface area (Å²) in [6.45, 7) is 2.89. The highest BCUT2D eigenvalue weighted by Gasteiger charge is 2.28. The number of hydrogen-bond donors (Lipinski definition) is 2. The van der Waals surface area contributed by atoms with Gasteiger partial charge in [0.05, 0.1) is 29.8 Å². The van der Waals surface area contributed by atoms with Crippen LogP contribution >= 0.6 is 0 Å². The molecule has 4 nitrogen and oxygen atoms in total. The molecular weight excluding hydrogens is 228 g/mol. The zero-order valence-electron chi connectivity index (χ0n) is 11.1. The third-order valence-electron chi connectivity index (χ3n) is 3.68. The summed E-state index contributed by atoms with van der Waals surface area (Å²) >= 11 is 0. The molecule has 1 fully saturated rings. The zero-order chi connectivity index (χ0) is 13.1. The van der Waals surface area contributed by atoms with Gasteiger partial charge in [0.2, 0.25) is 0 Å². The molecule has 1 atom stereocenters. The Morgan fingerprint density at radius 2 is 2.17 bits per heavy atom. The summed E-state index contributed by atoms with van der Waals surface area (Å²) in [5, 5.41) is 18.9. The van der Waals surface area contributed by atoms with Gasteiger partial charge in [0.1, 0.15) is 0 Å². The van der Waals surface area contributed by atoms with Crippen LogP contribution in [0.5, 0.6) is 0 Å². The molecule has 1 aliphatic rings. The van der Waals surface area contributed by atoms with Crippen LogP contribution in [-0.2, 0) is 0 Å². The molecule has 1 saturated carbocycles. The van der Waals surface area contributed by atoms with Gasteiger partial charge >= 0.3 is 0 Å². The van der Waals surface area contributed by atoms with Crippen molar-refractivity contribution in [1.82, 2.24) is 4.98 Å². The number of aliphatic hydroxyl groups excluding tert-OH is 2. The van der Waals surface area contributed by atoms with Gasteiger partial charge in [0.15, 0.2) is 0 Å². The SMILES string of the molecule is CC[C@@H](O)c1ccc(N(C)CC2CC(O)C2)cn1. The molecule has 18 heavy (non-hydrogen) atoms. The van der Waals surface area contributed by atoms with E-state index < -0.39 is 6.10 Å². The highest BCUT2D eigenvalue weighted by Crippen LogP contribution is 2.29. The highest BCUT2D eigenvalue weighted by molar-refractivity contribution is 5.44. The van der Waals surface area contributed by atoms with Crippen molar-refractivity contribution in [3.8, 4) is 0 Å². The number of rotatable bonds is 5. The quantitative estimate of drug-likeness (QED) is 0.835. The molecule has 0 amide bonds. The largest absolute Gasteiger partial charge is 0.393 e.